The highest BCUT2D eigenvalue weighted by Crippen LogP contribution is 2.36. The number of alkyl halides is 3. The van der Waals surface area contributed by atoms with Crippen LogP contribution in [0.1, 0.15) is 11.3 Å². The topological polar surface area (TPSA) is 22.1 Å². The van der Waals surface area contributed by atoms with Crippen molar-refractivity contribution in [2.24, 2.45) is 0 Å². The van der Waals surface area contributed by atoms with E-state index in [9.17, 15) is 13.2 Å². The lowest BCUT2D eigenvalue weighted by Crippen LogP contribution is -2.08. The predicted molar refractivity (Wildman–Crippen MR) is 63.0 cm³/mol. The van der Waals surface area contributed by atoms with Crippen molar-refractivity contribution in [1.82, 2.24) is 4.98 Å². The SMILES string of the molecule is COc1ccc2nc(C(F)(F)F)cc(C)c2c1Cl. The lowest BCUT2D eigenvalue weighted by molar-refractivity contribution is -0.141. The number of halogens is 4. The molecule has 2 rings (SSSR count). The first-order chi connectivity index (χ1) is 8.34. The van der Waals surface area contributed by atoms with Crippen LogP contribution < -0.4 is 4.74 Å². The number of rotatable bonds is 1. The number of benzene rings is 1. The van der Waals surface area contributed by atoms with Gasteiger partial charge in [0.15, 0.2) is 0 Å². The summed E-state index contributed by atoms with van der Waals surface area (Å²) in [5, 5.41) is 0.748. The number of aromatic nitrogens is 1. The molecule has 0 fully saturated rings. The molecule has 96 valence electrons. The molecule has 6 heteroatoms. The third-order valence-corrected chi connectivity index (χ3v) is 2.96. The second kappa shape index (κ2) is 4.31. The Morgan fingerprint density at radius 1 is 1.28 bits per heavy atom. The first-order valence-electron chi connectivity index (χ1n) is 5.05. The van der Waals surface area contributed by atoms with Gasteiger partial charge in [-0.25, -0.2) is 4.98 Å². The van der Waals surface area contributed by atoms with Gasteiger partial charge in [0, 0.05) is 5.39 Å². The minimum absolute atomic E-state index is 0.202. The fraction of sp³-hybridized carbons (Fsp3) is 0.250. The monoisotopic (exact) mass is 275 g/mol. The molecule has 2 nitrogen and oxygen atoms in total. The molecule has 0 unspecified atom stereocenters. The standard InChI is InChI=1S/C12H9ClF3NO/c1-6-5-9(12(14,15)16)17-7-3-4-8(18-2)11(13)10(6)7/h3-5H,1-2H3. The van der Waals surface area contributed by atoms with Crippen LogP contribution in [0.15, 0.2) is 18.2 Å². The molecule has 0 saturated carbocycles. The first kappa shape index (κ1) is 13.0. The predicted octanol–water partition coefficient (Wildman–Crippen LogP) is 4.22. The summed E-state index contributed by atoms with van der Waals surface area (Å²) in [6.07, 6.45) is -4.47. The Morgan fingerprint density at radius 3 is 2.50 bits per heavy atom. The van der Waals surface area contributed by atoms with Crippen LogP contribution >= 0.6 is 11.6 Å². The van der Waals surface area contributed by atoms with Gasteiger partial charge >= 0.3 is 6.18 Å². The number of nitrogens with zero attached hydrogens (tertiary/aromatic N) is 1. The van der Waals surface area contributed by atoms with Gasteiger partial charge in [0.25, 0.3) is 0 Å². The Morgan fingerprint density at radius 2 is 1.94 bits per heavy atom. The highest BCUT2D eigenvalue weighted by molar-refractivity contribution is 6.37. The van der Waals surface area contributed by atoms with Gasteiger partial charge in [-0.2, -0.15) is 13.2 Å². The summed E-state index contributed by atoms with van der Waals surface area (Å²) in [6.45, 7) is 1.56. The molecule has 18 heavy (non-hydrogen) atoms. The molecule has 0 radical (unpaired) electrons. The Hall–Kier alpha value is -1.49. The maximum absolute atomic E-state index is 12.6. The van der Waals surface area contributed by atoms with E-state index >= 15 is 0 Å². The highest BCUT2D eigenvalue weighted by Gasteiger charge is 2.33. The largest absolute Gasteiger partial charge is 0.495 e. The van der Waals surface area contributed by atoms with Gasteiger partial charge in [0.2, 0.25) is 0 Å². The zero-order valence-corrected chi connectivity index (χ0v) is 10.4. The molecule has 0 bridgehead atoms. The fourth-order valence-electron chi connectivity index (χ4n) is 1.76. The average molecular weight is 276 g/mol. The summed E-state index contributed by atoms with van der Waals surface area (Å²) >= 11 is 6.07. The molecule has 1 aromatic carbocycles. The van der Waals surface area contributed by atoms with Crippen LogP contribution in [0.25, 0.3) is 10.9 Å². The third kappa shape index (κ3) is 2.10. The first-order valence-corrected chi connectivity index (χ1v) is 5.43. The summed E-state index contributed by atoms with van der Waals surface area (Å²) in [5.41, 5.74) is -0.307. The van der Waals surface area contributed by atoms with Gasteiger partial charge in [-0.3, -0.25) is 0 Å². The number of methoxy groups -OCH3 is 1. The molecule has 1 aromatic heterocycles. The van der Waals surface area contributed by atoms with Gasteiger partial charge < -0.3 is 4.74 Å². The molecule has 0 N–H and O–H groups in total. The van der Waals surface area contributed by atoms with Gasteiger partial charge in [-0.15, -0.1) is 0 Å². The smallest absolute Gasteiger partial charge is 0.433 e. The molecular weight excluding hydrogens is 267 g/mol. The zero-order chi connectivity index (χ0) is 13.5. The Kier molecular flexibility index (Phi) is 3.11. The van der Waals surface area contributed by atoms with Crippen LogP contribution in [0, 0.1) is 6.92 Å². The normalized spacial score (nSPS) is 11.9. The van der Waals surface area contributed by atoms with Gasteiger partial charge in [-0.05, 0) is 30.7 Å². The van der Waals surface area contributed by atoms with E-state index in [0.29, 0.717) is 16.7 Å². The van der Waals surface area contributed by atoms with Crippen molar-refractivity contribution in [3.63, 3.8) is 0 Å². The molecule has 0 aliphatic rings. The lowest BCUT2D eigenvalue weighted by atomic mass is 10.1. The summed E-state index contributed by atoms with van der Waals surface area (Å²) in [4.78, 5) is 3.58. The van der Waals surface area contributed by atoms with E-state index < -0.39 is 11.9 Å². The van der Waals surface area contributed by atoms with E-state index in [4.69, 9.17) is 16.3 Å². The molecule has 0 amide bonds. The minimum atomic E-state index is -4.47. The van der Waals surface area contributed by atoms with E-state index in [-0.39, 0.29) is 10.5 Å². The lowest BCUT2D eigenvalue weighted by Gasteiger charge is -2.12. The molecule has 0 saturated heterocycles. The van der Waals surface area contributed by atoms with Crippen molar-refractivity contribution in [2.45, 2.75) is 13.1 Å². The van der Waals surface area contributed by atoms with E-state index in [1.807, 2.05) is 0 Å². The van der Waals surface area contributed by atoms with Crippen LogP contribution in [0.4, 0.5) is 13.2 Å². The summed E-state index contributed by atoms with van der Waals surface area (Å²) in [6, 6.07) is 3.94. The molecule has 0 aliphatic heterocycles. The van der Waals surface area contributed by atoms with Crippen LogP contribution in [-0.2, 0) is 6.18 Å². The van der Waals surface area contributed by atoms with Gasteiger partial charge in [-0.1, -0.05) is 11.6 Å². The molecular formula is C12H9ClF3NO. The molecule has 0 spiro atoms. The number of aryl methyl sites for hydroxylation is 1. The second-order valence-corrected chi connectivity index (χ2v) is 4.18. The van der Waals surface area contributed by atoms with E-state index in [1.165, 1.54) is 19.2 Å². The van der Waals surface area contributed by atoms with Crippen molar-refractivity contribution in [3.05, 3.63) is 34.5 Å². The third-order valence-electron chi connectivity index (χ3n) is 2.58. The van der Waals surface area contributed by atoms with Crippen molar-refractivity contribution < 1.29 is 17.9 Å². The molecule has 0 atom stereocenters. The number of hydrogen-bond acceptors (Lipinski definition) is 2. The fourth-order valence-corrected chi connectivity index (χ4v) is 2.14. The Labute approximate surface area is 106 Å². The Balaban J connectivity index is 2.78. The van der Waals surface area contributed by atoms with Crippen LogP contribution in [-0.4, -0.2) is 12.1 Å². The maximum atomic E-state index is 12.6. The summed E-state index contributed by atoms with van der Waals surface area (Å²) in [7, 11) is 1.44. The minimum Gasteiger partial charge on any atom is -0.495 e. The van der Waals surface area contributed by atoms with Crippen molar-refractivity contribution in [3.8, 4) is 5.75 Å². The molecule has 1 heterocycles. The van der Waals surface area contributed by atoms with Gasteiger partial charge in [0.1, 0.15) is 11.4 Å². The molecule has 2 aromatic rings. The van der Waals surface area contributed by atoms with Crippen LogP contribution in [0.3, 0.4) is 0 Å². The summed E-state index contributed by atoms with van der Waals surface area (Å²) in [5.74, 6) is 0.411. The summed E-state index contributed by atoms with van der Waals surface area (Å²) < 4.78 is 42.9. The van der Waals surface area contributed by atoms with Gasteiger partial charge in [0.05, 0.1) is 17.6 Å². The van der Waals surface area contributed by atoms with E-state index in [1.54, 1.807) is 6.92 Å². The van der Waals surface area contributed by atoms with Crippen LogP contribution in [0.5, 0.6) is 5.75 Å². The van der Waals surface area contributed by atoms with E-state index in [2.05, 4.69) is 4.98 Å². The average Bonchev–Trinajstić information content (AvgIpc) is 2.27. The van der Waals surface area contributed by atoms with Crippen molar-refractivity contribution in [1.29, 1.82) is 0 Å². The van der Waals surface area contributed by atoms with E-state index in [0.717, 1.165) is 6.07 Å². The second-order valence-electron chi connectivity index (χ2n) is 3.80. The number of pyridine rings is 1. The Bertz CT molecular complexity index is 610. The number of fused-ring (bicyclic) bond motifs is 1. The zero-order valence-electron chi connectivity index (χ0n) is 9.60. The molecule has 0 aliphatic carbocycles. The van der Waals surface area contributed by atoms with Crippen molar-refractivity contribution in [2.75, 3.05) is 7.11 Å². The quantitative estimate of drug-likeness (QED) is 0.777. The maximum Gasteiger partial charge on any atom is 0.433 e. The van der Waals surface area contributed by atoms with Crippen LogP contribution in [0.2, 0.25) is 5.02 Å². The van der Waals surface area contributed by atoms with Crippen molar-refractivity contribution >= 4 is 22.5 Å². The number of hydrogen-bond donors (Lipinski definition) is 0. The highest BCUT2D eigenvalue weighted by atomic mass is 35.5. The number of ether oxygens (including phenoxy) is 1.